The first kappa shape index (κ1) is 15.5. The maximum absolute atomic E-state index is 12.6. The van der Waals surface area contributed by atoms with Crippen molar-refractivity contribution in [3.05, 3.63) is 54.5 Å². The number of hydrogen-bond donors (Lipinski definition) is 1. The minimum Gasteiger partial charge on any atom is -0.353 e. The van der Waals surface area contributed by atoms with Crippen LogP contribution in [0.25, 0.3) is 11.0 Å². The Kier molecular flexibility index (Phi) is 3.71. The molecule has 1 aromatic carbocycles. The van der Waals surface area contributed by atoms with Crippen molar-refractivity contribution in [1.82, 2.24) is 19.9 Å². The van der Waals surface area contributed by atoms with Crippen molar-refractivity contribution in [3.63, 3.8) is 0 Å². The number of carbonyl (C=O) groups excluding carboxylic acids is 1. The van der Waals surface area contributed by atoms with Gasteiger partial charge in [0, 0.05) is 36.9 Å². The highest BCUT2D eigenvalue weighted by Crippen LogP contribution is 2.34. The molecule has 26 heavy (non-hydrogen) atoms. The van der Waals surface area contributed by atoms with Gasteiger partial charge in [-0.1, -0.05) is 30.3 Å². The number of fused-ring (bicyclic) bond motifs is 3. The summed E-state index contributed by atoms with van der Waals surface area (Å²) < 4.78 is 0. The maximum atomic E-state index is 12.6. The molecular formula is C20H21N5O. The molecule has 2 aromatic heterocycles. The molecule has 3 aromatic rings. The molecule has 5 rings (SSSR count). The van der Waals surface area contributed by atoms with Crippen molar-refractivity contribution in [2.75, 3.05) is 24.5 Å². The van der Waals surface area contributed by atoms with Gasteiger partial charge in [-0.05, 0) is 18.9 Å². The standard InChI is InChI=1S/C20H21N5O/c26-18(14-4-2-1-3-5-14)12-25-15-6-7-16(25)11-24(10-15)20-17-8-9-21-19(17)22-13-23-20/h1-5,8-9,13,15-16H,6-7,10-12H2,(H,21,22,23). The Bertz CT molecular complexity index is 924. The van der Waals surface area contributed by atoms with Crippen LogP contribution in [0.5, 0.6) is 0 Å². The summed E-state index contributed by atoms with van der Waals surface area (Å²) in [7, 11) is 0. The highest BCUT2D eigenvalue weighted by Gasteiger charge is 2.41. The van der Waals surface area contributed by atoms with Crippen molar-refractivity contribution < 1.29 is 4.79 Å². The molecular weight excluding hydrogens is 326 g/mol. The van der Waals surface area contributed by atoms with Gasteiger partial charge in [0.1, 0.15) is 17.8 Å². The lowest BCUT2D eigenvalue weighted by Crippen LogP contribution is -2.55. The number of piperazine rings is 1. The smallest absolute Gasteiger partial charge is 0.176 e. The average Bonchev–Trinajstić information content (AvgIpc) is 3.24. The summed E-state index contributed by atoms with van der Waals surface area (Å²) in [6.45, 7) is 2.34. The average molecular weight is 347 g/mol. The Labute approximate surface area is 151 Å². The molecule has 0 saturated carbocycles. The molecule has 0 radical (unpaired) electrons. The van der Waals surface area contributed by atoms with Gasteiger partial charge in [0.15, 0.2) is 5.78 Å². The predicted octanol–water partition coefficient (Wildman–Crippen LogP) is 2.49. The molecule has 0 amide bonds. The Balaban J connectivity index is 1.35. The number of hydrogen-bond acceptors (Lipinski definition) is 5. The van der Waals surface area contributed by atoms with Gasteiger partial charge in [0.05, 0.1) is 11.9 Å². The van der Waals surface area contributed by atoms with Crippen LogP contribution in [0, 0.1) is 0 Å². The molecule has 2 saturated heterocycles. The third-order valence-electron chi connectivity index (χ3n) is 5.69. The highest BCUT2D eigenvalue weighted by atomic mass is 16.1. The molecule has 2 fully saturated rings. The van der Waals surface area contributed by atoms with Gasteiger partial charge in [-0.3, -0.25) is 9.69 Å². The van der Waals surface area contributed by atoms with Gasteiger partial charge >= 0.3 is 0 Å². The quantitative estimate of drug-likeness (QED) is 0.735. The van der Waals surface area contributed by atoms with Crippen molar-refractivity contribution in [2.24, 2.45) is 0 Å². The van der Waals surface area contributed by atoms with E-state index in [0.717, 1.165) is 48.3 Å². The van der Waals surface area contributed by atoms with Crippen LogP contribution in [0.3, 0.4) is 0 Å². The van der Waals surface area contributed by atoms with Crippen LogP contribution in [0.1, 0.15) is 23.2 Å². The number of nitrogens with one attached hydrogen (secondary N) is 1. The number of anilines is 1. The Morgan fingerprint density at radius 3 is 2.62 bits per heavy atom. The van der Waals surface area contributed by atoms with Crippen molar-refractivity contribution in [3.8, 4) is 0 Å². The third kappa shape index (κ3) is 2.57. The number of rotatable bonds is 4. The van der Waals surface area contributed by atoms with Crippen LogP contribution in [-0.4, -0.2) is 57.4 Å². The third-order valence-corrected chi connectivity index (χ3v) is 5.69. The lowest BCUT2D eigenvalue weighted by Gasteiger charge is -2.41. The summed E-state index contributed by atoms with van der Waals surface area (Å²) >= 11 is 0. The number of aromatic nitrogens is 3. The lowest BCUT2D eigenvalue weighted by atomic mass is 10.1. The number of benzene rings is 1. The van der Waals surface area contributed by atoms with Gasteiger partial charge in [-0.15, -0.1) is 0 Å². The minimum absolute atomic E-state index is 0.214. The number of H-pyrrole nitrogens is 1. The molecule has 6 heteroatoms. The zero-order valence-corrected chi connectivity index (χ0v) is 14.5. The second kappa shape index (κ2) is 6.21. The van der Waals surface area contributed by atoms with E-state index in [1.54, 1.807) is 6.33 Å². The molecule has 4 heterocycles. The molecule has 132 valence electrons. The molecule has 2 aliphatic rings. The largest absolute Gasteiger partial charge is 0.353 e. The van der Waals surface area contributed by atoms with Crippen LogP contribution in [0.2, 0.25) is 0 Å². The summed E-state index contributed by atoms with van der Waals surface area (Å²) in [5.41, 5.74) is 1.68. The fourth-order valence-corrected chi connectivity index (χ4v) is 4.41. The van der Waals surface area contributed by atoms with Gasteiger partial charge in [0.2, 0.25) is 0 Å². The Hall–Kier alpha value is -2.73. The van der Waals surface area contributed by atoms with E-state index in [1.807, 2.05) is 42.6 Å². The molecule has 1 N–H and O–H groups in total. The molecule has 0 aliphatic carbocycles. The van der Waals surface area contributed by atoms with Gasteiger partial charge in [0.25, 0.3) is 0 Å². The number of ketones is 1. The number of aromatic amines is 1. The van der Waals surface area contributed by atoms with Crippen LogP contribution in [0.15, 0.2) is 48.9 Å². The van der Waals surface area contributed by atoms with E-state index in [0.29, 0.717) is 18.6 Å². The van der Waals surface area contributed by atoms with Gasteiger partial charge < -0.3 is 9.88 Å². The minimum atomic E-state index is 0.214. The maximum Gasteiger partial charge on any atom is 0.176 e. The van der Waals surface area contributed by atoms with Crippen LogP contribution in [-0.2, 0) is 0 Å². The van der Waals surface area contributed by atoms with Crippen molar-refractivity contribution >= 4 is 22.6 Å². The monoisotopic (exact) mass is 347 g/mol. The summed E-state index contributed by atoms with van der Waals surface area (Å²) in [6, 6.07) is 12.5. The van der Waals surface area contributed by atoms with E-state index in [1.165, 1.54) is 0 Å². The van der Waals surface area contributed by atoms with Gasteiger partial charge in [-0.2, -0.15) is 0 Å². The second-order valence-electron chi connectivity index (χ2n) is 7.19. The fourth-order valence-electron chi connectivity index (χ4n) is 4.41. The van der Waals surface area contributed by atoms with Gasteiger partial charge in [-0.25, -0.2) is 9.97 Å². The van der Waals surface area contributed by atoms with E-state index in [2.05, 4.69) is 24.8 Å². The van der Waals surface area contributed by atoms with Crippen LogP contribution in [0.4, 0.5) is 5.82 Å². The van der Waals surface area contributed by atoms with Crippen LogP contribution >= 0.6 is 0 Å². The first-order valence-electron chi connectivity index (χ1n) is 9.16. The molecule has 2 bridgehead atoms. The second-order valence-corrected chi connectivity index (χ2v) is 7.19. The summed E-state index contributed by atoms with van der Waals surface area (Å²) in [6.07, 6.45) is 5.82. The van der Waals surface area contributed by atoms with E-state index in [9.17, 15) is 4.79 Å². The van der Waals surface area contributed by atoms with E-state index < -0.39 is 0 Å². The summed E-state index contributed by atoms with van der Waals surface area (Å²) in [4.78, 5) is 29.4. The van der Waals surface area contributed by atoms with Crippen molar-refractivity contribution in [2.45, 2.75) is 24.9 Å². The highest BCUT2D eigenvalue weighted by molar-refractivity contribution is 5.97. The van der Waals surface area contributed by atoms with Crippen molar-refractivity contribution in [1.29, 1.82) is 0 Å². The summed E-state index contributed by atoms with van der Waals surface area (Å²) in [5.74, 6) is 1.22. The molecule has 6 nitrogen and oxygen atoms in total. The normalized spacial score (nSPS) is 22.8. The Morgan fingerprint density at radius 2 is 1.85 bits per heavy atom. The molecule has 2 aliphatic heterocycles. The Morgan fingerprint density at radius 1 is 1.08 bits per heavy atom. The predicted molar refractivity (Wildman–Crippen MR) is 100 cm³/mol. The first-order chi connectivity index (χ1) is 12.8. The zero-order chi connectivity index (χ0) is 17.5. The molecule has 0 spiro atoms. The van der Waals surface area contributed by atoms with Crippen LogP contribution < -0.4 is 4.90 Å². The first-order valence-corrected chi connectivity index (χ1v) is 9.16. The topological polar surface area (TPSA) is 65.1 Å². The lowest BCUT2D eigenvalue weighted by molar-refractivity contribution is 0.0865. The number of carbonyl (C=O) groups is 1. The molecule has 2 unspecified atom stereocenters. The fraction of sp³-hybridized carbons (Fsp3) is 0.350. The van der Waals surface area contributed by atoms with E-state index in [4.69, 9.17) is 0 Å². The number of Topliss-reactive ketones (excluding diaryl/α,β-unsaturated/α-hetero) is 1. The van der Waals surface area contributed by atoms with E-state index in [-0.39, 0.29) is 5.78 Å². The summed E-state index contributed by atoms with van der Waals surface area (Å²) in [5, 5.41) is 1.07. The SMILES string of the molecule is O=C(CN1C2CCC1CN(c1ncnc3[nH]ccc13)C2)c1ccccc1. The zero-order valence-electron chi connectivity index (χ0n) is 14.5. The molecule has 2 atom stereocenters. The van der Waals surface area contributed by atoms with E-state index >= 15 is 0 Å². The number of nitrogens with zero attached hydrogens (tertiary/aromatic N) is 4.